The second-order valence-corrected chi connectivity index (χ2v) is 7.47. The van der Waals surface area contributed by atoms with E-state index in [1.54, 1.807) is 24.3 Å². The molecule has 0 aromatic heterocycles. The number of cyclic esters (lactones) is 1. The first-order chi connectivity index (χ1) is 13.5. The third-order valence-corrected chi connectivity index (χ3v) is 5.32. The Bertz CT molecular complexity index is 936. The van der Waals surface area contributed by atoms with Crippen LogP contribution in [-0.4, -0.2) is 28.7 Å². The number of anilines is 1. The molecule has 6 heteroatoms. The molecule has 0 spiro atoms. The van der Waals surface area contributed by atoms with E-state index in [1.165, 1.54) is 10.5 Å². The predicted octanol–water partition coefficient (Wildman–Crippen LogP) is 3.61. The molecule has 4 rings (SSSR count). The van der Waals surface area contributed by atoms with Crippen LogP contribution in [0.2, 0.25) is 0 Å². The first-order valence-corrected chi connectivity index (χ1v) is 9.47. The molecule has 1 N–H and O–H groups in total. The fourth-order valence-electron chi connectivity index (χ4n) is 3.76. The molecule has 2 heterocycles. The van der Waals surface area contributed by atoms with Crippen molar-refractivity contribution < 1.29 is 19.1 Å². The first-order valence-electron chi connectivity index (χ1n) is 9.47. The van der Waals surface area contributed by atoms with Gasteiger partial charge in [-0.15, -0.1) is 0 Å². The molecule has 2 aromatic carbocycles. The average Bonchev–Trinajstić information content (AvgIpc) is 3.22. The van der Waals surface area contributed by atoms with Crippen LogP contribution in [0.15, 0.2) is 48.5 Å². The van der Waals surface area contributed by atoms with Gasteiger partial charge in [-0.05, 0) is 36.1 Å². The summed E-state index contributed by atoms with van der Waals surface area (Å²) in [5.74, 6) is -0.526. The largest absolute Gasteiger partial charge is 0.433 e. The highest BCUT2D eigenvalue weighted by atomic mass is 16.6. The molecule has 2 aromatic rings. The molecule has 2 atom stereocenters. The molecule has 2 aliphatic rings. The van der Waals surface area contributed by atoms with Crippen LogP contribution in [-0.2, 0) is 14.3 Å². The zero-order valence-electron chi connectivity index (χ0n) is 15.8. The summed E-state index contributed by atoms with van der Waals surface area (Å²) in [5.41, 5.74) is 2.93. The van der Waals surface area contributed by atoms with E-state index in [1.807, 2.05) is 24.3 Å². The summed E-state index contributed by atoms with van der Waals surface area (Å²) < 4.78 is 5.44. The van der Waals surface area contributed by atoms with Gasteiger partial charge < -0.3 is 10.1 Å². The van der Waals surface area contributed by atoms with Crippen LogP contribution in [0.4, 0.5) is 5.69 Å². The van der Waals surface area contributed by atoms with Gasteiger partial charge in [-0.2, -0.15) is 0 Å². The Balaban J connectivity index is 1.55. The quantitative estimate of drug-likeness (QED) is 0.825. The van der Waals surface area contributed by atoms with Crippen molar-refractivity contribution in [2.75, 3.05) is 5.32 Å². The van der Waals surface area contributed by atoms with Gasteiger partial charge in [0.25, 0.3) is 0 Å². The molecule has 0 aliphatic carbocycles. The lowest BCUT2D eigenvalue weighted by Gasteiger charge is -2.29. The number of benzene rings is 2. The molecule has 2 unspecified atom stereocenters. The second-order valence-electron chi connectivity index (χ2n) is 7.47. The molecule has 0 radical (unpaired) electrons. The number of ether oxygens (including phenoxy) is 1. The molecule has 28 heavy (non-hydrogen) atoms. The highest BCUT2D eigenvalue weighted by molar-refractivity contribution is 6.00. The van der Waals surface area contributed by atoms with Crippen LogP contribution in [0, 0.1) is 0 Å². The topological polar surface area (TPSA) is 75.7 Å². The van der Waals surface area contributed by atoms with E-state index in [4.69, 9.17) is 4.74 Å². The van der Waals surface area contributed by atoms with Crippen LogP contribution in [0.1, 0.15) is 60.3 Å². The summed E-state index contributed by atoms with van der Waals surface area (Å²) >= 11 is 0. The number of carbonyl (C=O) groups is 3. The van der Waals surface area contributed by atoms with Gasteiger partial charge in [-0.25, -0.2) is 4.79 Å². The van der Waals surface area contributed by atoms with E-state index in [0.29, 0.717) is 29.2 Å². The molecule has 2 aliphatic heterocycles. The highest BCUT2D eigenvalue weighted by Gasteiger charge is 2.46. The Morgan fingerprint density at radius 2 is 1.82 bits per heavy atom. The SMILES string of the molecule is CC(C)c1ccc(NC(=O)C2CCC(=O)N2C2OC(=O)c3ccccc32)cc1. The van der Waals surface area contributed by atoms with Crippen LogP contribution >= 0.6 is 0 Å². The van der Waals surface area contributed by atoms with Crippen molar-refractivity contribution in [2.24, 2.45) is 0 Å². The smallest absolute Gasteiger partial charge is 0.340 e. The van der Waals surface area contributed by atoms with Gasteiger partial charge in [0.2, 0.25) is 18.0 Å². The fourth-order valence-corrected chi connectivity index (χ4v) is 3.76. The van der Waals surface area contributed by atoms with E-state index >= 15 is 0 Å². The number of hydrogen-bond acceptors (Lipinski definition) is 4. The van der Waals surface area contributed by atoms with Gasteiger partial charge >= 0.3 is 5.97 Å². The minimum Gasteiger partial charge on any atom is -0.433 e. The first kappa shape index (κ1) is 18.2. The summed E-state index contributed by atoms with van der Waals surface area (Å²) in [5, 5.41) is 2.89. The monoisotopic (exact) mass is 378 g/mol. The number of nitrogens with one attached hydrogen (secondary N) is 1. The van der Waals surface area contributed by atoms with Crippen molar-refractivity contribution in [3.63, 3.8) is 0 Å². The molecule has 1 saturated heterocycles. The predicted molar refractivity (Wildman–Crippen MR) is 104 cm³/mol. The number of nitrogens with zero attached hydrogens (tertiary/aromatic N) is 1. The number of carbonyl (C=O) groups excluding carboxylic acids is 3. The number of fused-ring (bicyclic) bond motifs is 1. The third kappa shape index (κ3) is 3.15. The molecule has 1 fully saturated rings. The van der Waals surface area contributed by atoms with Crippen molar-refractivity contribution >= 4 is 23.5 Å². The molecule has 144 valence electrons. The van der Waals surface area contributed by atoms with Crippen molar-refractivity contribution in [3.8, 4) is 0 Å². The van der Waals surface area contributed by atoms with Crippen molar-refractivity contribution in [1.29, 1.82) is 0 Å². The fraction of sp³-hybridized carbons (Fsp3) is 0.318. The number of esters is 1. The number of likely N-dealkylation sites (tertiary alicyclic amines) is 1. The summed E-state index contributed by atoms with van der Waals surface area (Å²) in [6.45, 7) is 4.21. The van der Waals surface area contributed by atoms with Gasteiger partial charge in [0, 0.05) is 17.7 Å². The van der Waals surface area contributed by atoms with Gasteiger partial charge in [0.15, 0.2) is 0 Å². The molecule has 0 bridgehead atoms. The van der Waals surface area contributed by atoms with Crippen LogP contribution in [0.3, 0.4) is 0 Å². The van der Waals surface area contributed by atoms with Crippen molar-refractivity contribution in [2.45, 2.75) is 44.9 Å². The van der Waals surface area contributed by atoms with Gasteiger partial charge in [0.1, 0.15) is 6.04 Å². The standard InChI is InChI=1S/C22H22N2O4/c1-13(2)14-7-9-15(10-8-14)23-20(26)18-11-12-19(25)24(18)21-16-5-3-4-6-17(16)22(27)28-21/h3-10,13,18,21H,11-12H2,1-2H3,(H,23,26). The number of rotatable bonds is 4. The molecule has 0 saturated carbocycles. The molecule has 2 amide bonds. The lowest BCUT2D eigenvalue weighted by molar-refractivity contribution is -0.144. The third-order valence-electron chi connectivity index (χ3n) is 5.32. The Morgan fingerprint density at radius 3 is 2.54 bits per heavy atom. The summed E-state index contributed by atoms with van der Waals surface area (Å²) in [6.07, 6.45) is -0.205. The maximum absolute atomic E-state index is 12.9. The maximum Gasteiger partial charge on any atom is 0.340 e. The van der Waals surface area contributed by atoms with E-state index in [2.05, 4.69) is 19.2 Å². The minimum absolute atomic E-state index is 0.190. The Hall–Kier alpha value is -3.15. The summed E-state index contributed by atoms with van der Waals surface area (Å²) in [6, 6.07) is 14.0. The van der Waals surface area contributed by atoms with Crippen LogP contribution in [0.5, 0.6) is 0 Å². The van der Waals surface area contributed by atoms with Crippen LogP contribution in [0.25, 0.3) is 0 Å². The molecule has 6 nitrogen and oxygen atoms in total. The van der Waals surface area contributed by atoms with Gasteiger partial charge in [-0.3, -0.25) is 14.5 Å². The Morgan fingerprint density at radius 1 is 1.11 bits per heavy atom. The normalized spacial score (nSPS) is 21.0. The molecular weight excluding hydrogens is 356 g/mol. The molecular formula is C22H22N2O4. The number of hydrogen-bond donors (Lipinski definition) is 1. The van der Waals surface area contributed by atoms with Crippen molar-refractivity contribution in [1.82, 2.24) is 4.90 Å². The van der Waals surface area contributed by atoms with E-state index < -0.39 is 18.2 Å². The highest BCUT2D eigenvalue weighted by Crippen LogP contribution is 2.38. The lowest BCUT2D eigenvalue weighted by Crippen LogP contribution is -2.43. The van der Waals surface area contributed by atoms with Gasteiger partial charge in [0.05, 0.1) is 5.56 Å². The maximum atomic E-state index is 12.9. The summed E-state index contributed by atoms with van der Waals surface area (Å²) in [7, 11) is 0. The Labute approximate surface area is 163 Å². The second kappa shape index (κ2) is 7.11. The van der Waals surface area contributed by atoms with Crippen molar-refractivity contribution in [3.05, 3.63) is 65.2 Å². The average molecular weight is 378 g/mol. The zero-order valence-corrected chi connectivity index (χ0v) is 15.8. The van der Waals surface area contributed by atoms with E-state index in [0.717, 1.165) is 0 Å². The number of amides is 2. The minimum atomic E-state index is -0.849. The zero-order chi connectivity index (χ0) is 19.8. The van der Waals surface area contributed by atoms with Crippen LogP contribution < -0.4 is 5.32 Å². The van der Waals surface area contributed by atoms with E-state index in [9.17, 15) is 14.4 Å². The lowest BCUT2D eigenvalue weighted by atomic mass is 10.0. The Kier molecular flexibility index (Phi) is 4.63. The van der Waals surface area contributed by atoms with E-state index in [-0.39, 0.29) is 18.2 Å². The van der Waals surface area contributed by atoms with Gasteiger partial charge in [-0.1, -0.05) is 44.2 Å². The summed E-state index contributed by atoms with van der Waals surface area (Å²) in [4.78, 5) is 39.0.